The van der Waals surface area contributed by atoms with Crippen molar-refractivity contribution in [2.75, 3.05) is 31.1 Å². The zero-order valence-corrected chi connectivity index (χ0v) is 18.5. The number of aromatic nitrogens is 3. The summed E-state index contributed by atoms with van der Waals surface area (Å²) in [7, 11) is 0. The number of pyridine rings is 1. The van der Waals surface area contributed by atoms with Crippen molar-refractivity contribution in [3.8, 4) is 0 Å². The third-order valence-electron chi connectivity index (χ3n) is 6.20. The van der Waals surface area contributed by atoms with Crippen molar-refractivity contribution in [2.45, 2.75) is 19.5 Å². The molecule has 1 amide bonds. The van der Waals surface area contributed by atoms with E-state index in [1.165, 1.54) is 11.6 Å². The molecule has 7 heteroatoms. The van der Waals surface area contributed by atoms with E-state index >= 15 is 0 Å². The van der Waals surface area contributed by atoms with E-state index in [0.717, 1.165) is 36.6 Å². The van der Waals surface area contributed by atoms with E-state index in [1.54, 1.807) is 16.8 Å². The molecule has 0 atom stereocenters. The van der Waals surface area contributed by atoms with Crippen LogP contribution in [0.25, 0.3) is 11.0 Å². The normalized spacial score (nSPS) is 14.1. The fraction of sp³-hybridized carbons (Fsp3) is 0.269. The molecule has 0 spiro atoms. The maximum absolute atomic E-state index is 12.7. The van der Waals surface area contributed by atoms with E-state index in [1.807, 2.05) is 35.2 Å². The predicted octanol–water partition coefficient (Wildman–Crippen LogP) is 2.99. The van der Waals surface area contributed by atoms with Gasteiger partial charge in [0, 0.05) is 51.4 Å². The number of para-hydroxylation sites is 2. The molecule has 1 saturated heterocycles. The summed E-state index contributed by atoms with van der Waals surface area (Å²) in [4.78, 5) is 33.7. The quantitative estimate of drug-likeness (QED) is 0.462. The highest BCUT2D eigenvalue weighted by atomic mass is 16.2. The summed E-state index contributed by atoms with van der Waals surface area (Å²) in [6, 6.07) is 23.7. The van der Waals surface area contributed by atoms with Gasteiger partial charge in [0.1, 0.15) is 0 Å². The van der Waals surface area contributed by atoms with Gasteiger partial charge in [-0.15, -0.1) is 0 Å². The summed E-state index contributed by atoms with van der Waals surface area (Å²) in [5.74, 6) is 1.03. The Kier molecular flexibility index (Phi) is 5.93. The lowest BCUT2D eigenvalue weighted by molar-refractivity contribution is -0.131. The third-order valence-corrected chi connectivity index (χ3v) is 6.20. The highest BCUT2D eigenvalue weighted by Gasteiger charge is 2.24. The first kappa shape index (κ1) is 21.0. The van der Waals surface area contributed by atoms with Gasteiger partial charge in [-0.25, -0.2) is 4.98 Å². The molecule has 0 aliphatic carbocycles. The second kappa shape index (κ2) is 9.32. The molecule has 2 aromatic carbocycles. The molecule has 4 aromatic rings. The van der Waals surface area contributed by atoms with E-state index in [4.69, 9.17) is 4.98 Å². The second-order valence-electron chi connectivity index (χ2n) is 8.32. The molecule has 0 unspecified atom stereocenters. The fourth-order valence-electron chi connectivity index (χ4n) is 4.40. The molecule has 7 nitrogen and oxygen atoms in total. The number of anilines is 1. The molecule has 1 aliphatic rings. The van der Waals surface area contributed by atoms with Gasteiger partial charge >= 0.3 is 0 Å². The average molecular weight is 442 g/mol. The smallest absolute Gasteiger partial charge is 0.250 e. The Balaban J connectivity index is 1.28. The number of amides is 1. The maximum atomic E-state index is 12.7. The summed E-state index contributed by atoms with van der Waals surface area (Å²) in [6.45, 7) is 3.92. The number of hydrogen-bond donors (Lipinski definition) is 0. The number of aryl methyl sites for hydroxylation is 1. The topological polar surface area (TPSA) is 63.4 Å². The van der Waals surface area contributed by atoms with E-state index in [-0.39, 0.29) is 11.5 Å². The van der Waals surface area contributed by atoms with Gasteiger partial charge in [-0.05, 0) is 23.8 Å². The largest absolute Gasteiger partial charge is 0.339 e. The lowest BCUT2D eigenvalue weighted by Gasteiger charge is -2.35. The monoisotopic (exact) mass is 441 g/mol. The zero-order valence-electron chi connectivity index (χ0n) is 18.5. The average Bonchev–Trinajstić information content (AvgIpc) is 3.22. The number of carbonyl (C=O) groups excluding carboxylic acids is 1. The first-order chi connectivity index (χ1) is 16.2. The van der Waals surface area contributed by atoms with Crippen LogP contribution in [0.1, 0.15) is 12.0 Å². The van der Waals surface area contributed by atoms with E-state index in [0.29, 0.717) is 26.1 Å². The SMILES string of the molecule is O=C(CCn1ccccc1=O)N1CCN(c2nc3ccccc3n2Cc2ccccc2)CC1. The number of carbonyl (C=O) groups is 1. The minimum atomic E-state index is -0.0764. The molecule has 168 valence electrons. The molecule has 0 radical (unpaired) electrons. The minimum Gasteiger partial charge on any atom is -0.339 e. The number of rotatable bonds is 6. The van der Waals surface area contributed by atoms with Crippen LogP contribution in [0.4, 0.5) is 5.95 Å². The van der Waals surface area contributed by atoms with Crippen molar-refractivity contribution in [1.82, 2.24) is 19.0 Å². The van der Waals surface area contributed by atoms with Crippen LogP contribution in [0, 0.1) is 0 Å². The minimum absolute atomic E-state index is 0.0764. The summed E-state index contributed by atoms with van der Waals surface area (Å²) in [5.41, 5.74) is 3.25. The van der Waals surface area contributed by atoms with Gasteiger partial charge < -0.3 is 18.9 Å². The molecular formula is C26H27N5O2. The van der Waals surface area contributed by atoms with Crippen LogP contribution < -0.4 is 10.5 Å². The Morgan fingerprint density at radius 2 is 1.58 bits per heavy atom. The predicted molar refractivity (Wildman–Crippen MR) is 129 cm³/mol. The van der Waals surface area contributed by atoms with Crippen LogP contribution in [-0.4, -0.2) is 51.1 Å². The molecular weight excluding hydrogens is 414 g/mol. The molecule has 1 fully saturated rings. The van der Waals surface area contributed by atoms with Crippen molar-refractivity contribution in [3.05, 3.63) is 94.9 Å². The molecule has 1 aliphatic heterocycles. The van der Waals surface area contributed by atoms with Gasteiger partial charge in [0.15, 0.2) is 0 Å². The number of benzene rings is 2. The number of imidazole rings is 1. The van der Waals surface area contributed by atoms with E-state index in [2.05, 4.69) is 39.8 Å². The van der Waals surface area contributed by atoms with Gasteiger partial charge in [-0.1, -0.05) is 48.5 Å². The summed E-state index contributed by atoms with van der Waals surface area (Å²) in [6.07, 6.45) is 2.06. The molecule has 3 heterocycles. The van der Waals surface area contributed by atoms with Crippen LogP contribution in [0.5, 0.6) is 0 Å². The Morgan fingerprint density at radius 1 is 0.848 bits per heavy atom. The van der Waals surface area contributed by atoms with E-state index in [9.17, 15) is 9.59 Å². The number of fused-ring (bicyclic) bond motifs is 1. The van der Waals surface area contributed by atoms with Crippen LogP contribution in [-0.2, 0) is 17.9 Å². The van der Waals surface area contributed by atoms with Crippen LogP contribution >= 0.6 is 0 Å². The first-order valence-corrected chi connectivity index (χ1v) is 11.4. The number of piperazine rings is 1. The summed E-state index contributed by atoms with van der Waals surface area (Å²) < 4.78 is 3.85. The molecule has 2 aromatic heterocycles. The van der Waals surface area contributed by atoms with Gasteiger partial charge in [0.25, 0.3) is 5.56 Å². The lowest BCUT2D eigenvalue weighted by Crippen LogP contribution is -2.49. The Labute approximate surface area is 192 Å². The first-order valence-electron chi connectivity index (χ1n) is 11.4. The van der Waals surface area contributed by atoms with Gasteiger partial charge in [0.2, 0.25) is 11.9 Å². The van der Waals surface area contributed by atoms with Crippen molar-refractivity contribution < 1.29 is 4.79 Å². The highest BCUT2D eigenvalue weighted by Crippen LogP contribution is 2.25. The molecule has 0 saturated carbocycles. The fourth-order valence-corrected chi connectivity index (χ4v) is 4.40. The summed E-state index contributed by atoms with van der Waals surface area (Å²) in [5, 5.41) is 0. The van der Waals surface area contributed by atoms with Gasteiger partial charge in [-0.2, -0.15) is 0 Å². The Bertz CT molecular complexity index is 1300. The number of hydrogen-bond acceptors (Lipinski definition) is 4. The Hall–Kier alpha value is -3.87. The lowest BCUT2D eigenvalue weighted by atomic mass is 10.2. The van der Waals surface area contributed by atoms with Gasteiger partial charge in [-0.3, -0.25) is 9.59 Å². The van der Waals surface area contributed by atoms with Crippen molar-refractivity contribution in [3.63, 3.8) is 0 Å². The van der Waals surface area contributed by atoms with Crippen molar-refractivity contribution in [1.29, 1.82) is 0 Å². The zero-order chi connectivity index (χ0) is 22.6. The van der Waals surface area contributed by atoms with Crippen molar-refractivity contribution in [2.24, 2.45) is 0 Å². The van der Waals surface area contributed by atoms with Crippen molar-refractivity contribution >= 4 is 22.9 Å². The van der Waals surface area contributed by atoms with E-state index < -0.39 is 0 Å². The standard InChI is InChI=1S/C26H27N5O2/c32-24-12-6-7-14-28(24)15-13-25(33)29-16-18-30(19-17-29)26-27-22-10-4-5-11-23(22)31(26)20-21-8-2-1-3-9-21/h1-12,14H,13,15-20H2. The van der Waals surface area contributed by atoms with Gasteiger partial charge in [0.05, 0.1) is 17.6 Å². The molecule has 5 rings (SSSR count). The number of nitrogens with zero attached hydrogens (tertiary/aromatic N) is 5. The second-order valence-corrected chi connectivity index (χ2v) is 8.32. The Morgan fingerprint density at radius 3 is 2.36 bits per heavy atom. The van der Waals surface area contributed by atoms with Crippen LogP contribution in [0.2, 0.25) is 0 Å². The summed E-state index contributed by atoms with van der Waals surface area (Å²) >= 11 is 0. The van der Waals surface area contributed by atoms with Crippen LogP contribution in [0.15, 0.2) is 83.8 Å². The third kappa shape index (κ3) is 4.53. The maximum Gasteiger partial charge on any atom is 0.250 e. The molecule has 33 heavy (non-hydrogen) atoms. The molecule has 0 N–H and O–H groups in total. The highest BCUT2D eigenvalue weighted by molar-refractivity contribution is 5.79. The van der Waals surface area contributed by atoms with Crippen LogP contribution in [0.3, 0.4) is 0 Å². The molecule has 0 bridgehead atoms.